The van der Waals surface area contributed by atoms with Crippen LogP contribution in [0, 0.1) is 0 Å². The Morgan fingerprint density at radius 1 is 1.08 bits per heavy atom. The van der Waals surface area contributed by atoms with Crippen LogP contribution in [0.2, 0.25) is 0 Å². The third-order valence-electron chi connectivity index (χ3n) is 4.90. The first-order valence-corrected chi connectivity index (χ1v) is 9.73. The first-order chi connectivity index (χ1) is 12.6. The second kappa shape index (κ2) is 8.98. The van der Waals surface area contributed by atoms with Crippen LogP contribution in [0.25, 0.3) is 0 Å². The Bertz CT molecular complexity index is 646. The van der Waals surface area contributed by atoms with E-state index in [0.29, 0.717) is 11.7 Å². The highest BCUT2D eigenvalue weighted by Gasteiger charge is 2.30. The minimum Gasteiger partial charge on any atom is -0.351 e. The van der Waals surface area contributed by atoms with Crippen molar-refractivity contribution in [2.45, 2.75) is 38.1 Å². The van der Waals surface area contributed by atoms with Crippen LogP contribution in [-0.4, -0.2) is 58.9 Å². The average Bonchev–Trinajstić information content (AvgIpc) is 3.13. The van der Waals surface area contributed by atoms with E-state index in [4.69, 9.17) is 12.2 Å². The average molecular weight is 375 g/mol. The van der Waals surface area contributed by atoms with E-state index in [0.717, 1.165) is 50.9 Å². The van der Waals surface area contributed by atoms with E-state index < -0.39 is 0 Å². The normalized spacial score (nSPS) is 20.6. The minimum absolute atomic E-state index is 0.0349. The molecule has 1 aromatic rings. The molecule has 7 heteroatoms. The molecule has 2 saturated heterocycles. The number of rotatable bonds is 4. The summed E-state index contributed by atoms with van der Waals surface area (Å²) in [5.74, 6) is 0.0220. The number of anilines is 1. The molecule has 6 nitrogen and oxygen atoms in total. The summed E-state index contributed by atoms with van der Waals surface area (Å²) in [5, 5.41) is 6.67. The van der Waals surface area contributed by atoms with Gasteiger partial charge in [-0.15, -0.1) is 0 Å². The van der Waals surface area contributed by atoms with Crippen molar-refractivity contribution in [3.05, 3.63) is 30.3 Å². The predicted octanol–water partition coefficient (Wildman–Crippen LogP) is 1.98. The Balaban J connectivity index is 1.57. The number of benzene rings is 1. The second-order valence-electron chi connectivity index (χ2n) is 6.86. The number of likely N-dealkylation sites (tertiary alicyclic amines) is 2. The smallest absolute Gasteiger partial charge is 0.245 e. The number of carbonyl (C=O) groups excluding carboxylic acids is 2. The van der Waals surface area contributed by atoms with Gasteiger partial charge >= 0.3 is 0 Å². The molecule has 0 radical (unpaired) electrons. The van der Waals surface area contributed by atoms with E-state index in [1.54, 1.807) is 4.90 Å². The lowest BCUT2D eigenvalue weighted by molar-refractivity contribution is -0.140. The zero-order valence-electron chi connectivity index (χ0n) is 14.9. The van der Waals surface area contributed by atoms with E-state index >= 15 is 0 Å². The number of hydrogen-bond donors (Lipinski definition) is 2. The van der Waals surface area contributed by atoms with E-state index in [-0.39, 0.29) is 24.4 Å². The fraction of sp³-hybridized carbons (Fsp3) is 0.526. The van der Waals surface area contributed by atoms with Crippen molar-refractivity contribution in [2.75, 3.05) is 31.5 Å². The topological polar surface area (TPSA) is 64.7 Å². The SMILES string of the molecule is O=C(CN1CCCC[C@H](NC(=S)Nc2ccccc2)C1=O)N1CCCC1. The van der Waals surface area contributed by atoms with Gasteiger partial charge in [0.25, 0.3) is 0 Å². The van der Waals surface area contributed by atoms with Gasteiger partial charge < -0.3 is 20.4 Å². The van der Waals surface area contributed by atoms with Gasteiger partial charge in [-0.1, -0.05) is 18.2 Å². The molecule has 0 unspecified atom stereocenters. The Kier molecular flexibility index (Phi) is 6.44. The fourth-order valence-electron chi connectivity index (χ4n) is 3.47. The second-order valence-corrected chi connectivity index (χ2v) is 7.27. The number of thiocarbonyl (C=S) groups is 1. The highest BCUT2D eigenvalue weighted by molar-refractivity contribution is 7.80. The molecule has 0 bridgehead atoms. The standard InChI is InChI=1S/C19H26N4O2S/c24-17(22-11-6-7-12-22)14-23-13-5-4-10-16(18(23)25)21-19(26)20-15-8-2-1-3-9-15/h1-3,8-9,16H,4-7,10-14H2,(H2,20,21,26)/t16-/m0/s1. The monoisotopic (exact) mass is 374 g/mol. The summed E-state index contributed by atoms with van der Waals surface area (Å²) >= 11 is 5.36. The number of nitrogens with one attached hydrogen (secondary N) is 2. The number of para-hydroxylation sites is 1. The maximum atomic E-state index is 12.9. The molecule has 1 aromatic carbocycles. The maximum absolute atomic E-state index is 12.9. The number of nitrogens with zero attached hydrogens (tertiary/aromatic N) is 2. The molecular formula is C19H26N4O2S. The molecule has 140 valence electrons. The lowest BCUT2D eigenvalue weighted by Crippen LogP contribution is -2.51. The van der Waals surface area contributed by atoms with E-state index in [1.165, 1.54) is 0 Å². The Labute approximate surface area is 159 Å². The Morgan fingerprint density at radius 2 is 1.77 bits per heavy atom. The van der Waals surface area contributed by atoms with Crippen LogP contribution in [0.5, 0.6) is 0 Å². The zero-order chi connectivity index (χ0) is 18.4. The molecule has 0 saturated carbocycles. The lowest BCUT2D eigenvalue weighted by Gasteiger charge is -2.27. The largest absolute Gasteiger partial charge is 0.351 e. The number of amides is 2. The Morgan fingerprint density at radius 3 is 2.50 bits per heavy atom. The molecule has 2 aliphatic heterocycles. The van der Waals surface area contributed by atoms with Crippen LogP contribution in [0.3, 0.4) is 0 Å². The third-order valence-corrected chi connectivity index (χ3v) is 5.12. The molecule has 0 aliphatic carbocycles. The summed E-state index contributed by atoms with van der Waals surface area (Å²) in [6.45, 7) is 2.44. The van der Waals surface area contributed by atoms with Gasteiger partial charge in [-0.05, 0) is 56.5 Å². The van der Waals surface area contributed by atoms with Crippen LogP contribution >= 0.6 is 12.2 Å². The summed E-state index contributed by atoms with van der Waals surface area (Å²) in [5.41, 5.74) is 0.882. The lowest BCUT2D eigenvalue weighted by atomic mass is 10.1. The summed E-state index contributed by atoms with van der Waals surface area (Å²) in [6, 6.07) is 9.24. The van der Waals surface area contributed by atoms with Crippen molar-refractivity contribution < 1.29 is 9.59 Å². The van der Waals surface area contributed by atoms with Crippen molar-refractivity contribution >= 4 is 34.8 Å². The van der Waals surface area contributed by atoms with Gasteiger partial charge in [0.15, 0.2) is 5.11 Å². The quantitative estimate of drug-likeness (QED) is 0.789. The van der Waals surface area contributed by atoms with E-state index in [1.807, 2.05) is 35.2 Å². The number of hydrogen-bond acceptors (Lipinski definition) is 3. The molecule has 1 atom stereocenters. The van der Waals surface area contributed by atoms with Crippen LogP contribution in [0.1, 0.15) is 32.1 Å². The first-order valence-electron chi connectivity index (χ1n) is 9.32. The van der Waals surface area contributed by atoms with Gasteiger partial charge in [-0.2, -0.15) is 0 Å². The molecule has 2 heterocycles. The highest BCUT2D eigenvalue weighted by Crippen LogP contribution is 2.15. The fourth-order valence-corrected chi connectivity index (χ4v) is 3.73. The molecular weight excluding hydrogens is 348 g/mol. The molecule has 0 aromatic heterocycles. The van der Waals surface area contributed by atoms with Crippen LogP contribution in [0.4, 0.5) is 5.69 Å². The molecule has 2 fully saturated rings. The third kappa shape index (κ3) is 4.94. The molecule has 0 spiro atoms. The molecule has 2 amide bonds. The summed E-state index contributed by atoms with van der Waals surface area (Å²) in [7, 11) is 0. The van der Waals surface area contributed by atoms with Crippen LogP contribution in [-0.2, 0) is 9.59 Å². The van der Waals surface area contributed by atoms with Gasteiger partial charge in [0.05, 0.1) is 6.54 Å². The van der Waals surface area contributed by atoms with Crippen molar-refractivity contribution in [3.63, 3.8) is 0 Å². The summed E-state index contributed by atoms with van der Waals surface area (Å²) in [6.07, 6.45) is 4.69. The molecule has 2 aliphatic rings. The minimum atomic E-state index is -0.382. The zero-order valence-corrected chi connectivity index (χ0v) is 15.8. The van der Waals surface area contributed by atoms with Gasteiger partial charge in [-0.3, -0.25) is 9.59 Å². The highest BCUT2D eigenvalue weighted by atomic mass is 32.1. The molecule has 3 rings (SSSR count). The maximum Gasteiger partial charge on any atom is 0.245 e. The molecule has 2 N–H and O–H groups in total. The van der Waals surface area contributed by atoms with Crippen molar-refractivity contribution in [1.29, 1.82) is 0 Å². The van der Waals surface area contributed by atoms with Gasteiger partial charge in [0.2, 0.25) is 11.8 Å². The van der Waals surface area contributed by atoms with Gasteiger partial charge in [-0.25, -0.2) is 0 Å². The predicted molar refractivity (Wildman–Crippen MR) is 106 cm³/mol. The van der Waals surface area contributed by atoms with Gasteiger partial charge in [0.1, 0.15) is 6.04 Å². The number of carbonyl (C=O) groups is 2. The Hall–Kier alpha value is -2.15. The first kappa shape index (κ1) is 18.6. The molecule has 26 heavy (non-hydrogen) atoms. The van der Waals surface area contributed by atoms with Crippen molar-refractivity contribution in [3.8, 4) is 0 Å². The van der Waals surface area contributed by atoms with E-state index in [2.05, 4.69) is 10.6 Å². The van der Waals surface area contributed by atoms with E-state index in [9.17, 15) is 9.59 Å². The van der Waals surface area contributed by atoms with Crippen LogP contribution in [0.15, 0.2) is 30.3 Å². The van der Waals surface area contributed by atoms with Crippen molar-refractivity contribution in [1.82, 2.24) is 15.1 Å². The summed E-state index contributed by atoms with van der Waals surface area (Å²) in [4.78, 5) is 28.9. The van der Waals surface area contributed by atoms with Crippen LogP contribution < -0.4 is 10.6 Å². The van der Waals surface area contributed by atoms with Crippen molar-refractivity contribution in [2.24, 2.45) is 0 Å². The summed E-state index contributed by atoms with van der Waals surface area (Å²) < 4.78 is 0. The van der Waals surface area contributed by atoms with Gasteiger partial charge in [0, 0.05) is 25.3 Å².